The Bertz CT molecular complexity index is 280. The van der Waals surface area contributed by atoms with Crippen LogP contribution >= 0.6 is 11.6 Å². The van der Waals surface area contributed by atoms with E-state index < -0.39 is 0 Å². The predicted molar refractivity (Wildman–Crippen MR) is 49.3 cm³/mol. The number of imidazole rings is 1. The molecule has 0 aliphatic carbocycles. The molecule has 12 heavy (non-hydrogen) atoms. The lowest BCUT2D eigenvalue weighted by atomic mass is 9.95. The van der Waals surface area contributed by atoms with Crippen LogP contribution in [0, 0.1) is 5.92 Å². The zero-order valence-corrected chi connectivity index (χ0v) is 8.01. The Morgan fingerprint density at radius 2 is 2.58 bits per heavy atom. The standard InChI is InChI=1S/C9H13ClN2/c1-2-7-3-4-12-6-8(10)11-9(12)5-7/h6-7H,2-5H2,1H3. The first-order chi connectivity index (χ1) is 5.79. The smallest absolute Gasteiger partial charge is 0.147 e. The maximum absolute atomic E-state index is 5.81. The fourth-order valence-corrected chi connectivity index (χ4v) is 2.02. The monoisotopic (exact) mass is 184 g/mol. The number of rotatable bonds is 1. The molecule has 2 rings (SSSR count). The van der Waals surface area contributed by atoms with E-state index in [0.29, 0.717) is 5.15 Å². The van der Waals surface area contributed by atoms with E-state index in [1.54, 1.807) is 0 Å². The van der Waals surface area contributed by atoms with Gasteiger partial charge in [0.2, 0.25) is 0 Å². The number of aryl methyl sites for hydroxylation is 1. The number of fused-ring (bicyclic) bond motifs is 1. The van der Waals surface area contributed by atoms with Gasteiger partial charge in [0.1, 0.15) is 11.0 Å². The lowest BCUT2D eigenvalue weighted by molar-refractivity contribution is 0.372. The highest BCUT2D eigenvalue weighted by molar-refractivity contribution is 6.29. The Morgan fingerprint density at radius 3 is 3.33 bits per heavy atom. The van der Waals surface area contributed by atoms with E-state index in [0.717, 1.165) is 24.7 Å². The third-order valence-electron chi connectivity index (χ3n) is 2.66. The SMILES string of the molecule is CCC1CCn2cc(Cl)nc2C1. The van der Waals surface area contributed by atoms with Crippen LogP contribution < -0.4 is 0 Å². The van der Waals surface area contributed by atoms with Crippen LogP contribution in [-0.2, 0) is 13.0 Å². The van der Waals surface area contributed by atoms with Crippen LogP contribution in [0.1, 0.15) is 25.6 Å². The zero-order chi connectivity index (χ0) is 8.55. The number of halogens is 1. The molecule has 1 aromatic rings. The molecule has 0 bridgehead atoms. The summed E-state index contributed by atoms with van der Waals surface area (Å²) >= 11 is 5.81. The van der Waals surface area contributed by atoms with Gasteiger partial charge in [-0.2, -0.15) is 0 Å². The summed E-state index contributed by atoms with van der Waals surface area (Å²) < 4.78 is 2.18. The maximum Gasteiger partial charge on any atom is 0.147 e. The average molecular weight is 185 g/mol. The van der Waals surface area contributed by atoms with Crippen LogP contribution in [0.2, 0.25) is 5.15 Å². The van der Waals surface area contributed by atoms with E-state index in [-0.39, 0.29) is 0 Å². The Balaban J connectivity index is 2.22. The van der Waals surface area contributed by atoms with E-state index >= 15 is 0 Å². The van der Waals surface area contributed by atoms with Crippen LogP contribution in [0.3, 0.4) is 0 Å². The van der Waals surface area contributed by atoms with Crippen molar-refractivity contribution in [2.45, 2.75) is 32.7 Å². The quantitative estimate of drug-likeness (QED) is 0.656. The van der Waals surface area contributed by atoms with Gasteiger partial charge in [0.05, 0.1) is 0 Å². The van der Waals surface area contributed by atoms with Gasteiger partial charge in [0.15, 0.2) is 0 Å². The highest BCUT2D eigenvalue weighted by atomic mass is 35.5. The second-order valence-electron chi connectivity index (χ2n) is 3.44. The summed E-state index contributed by atoms with van der Waals surface area (Å²) in [5.41, 5.74) is 0. The van der Waals surface area contributed by atoms with Crippen LogP contribution in [0.4, 0.5) is 0 Å². The van der Waals surface area contributed by atoms with Crippen molar-refractivity contribution in [2.75, 3.05) is 0 Å². The number of hydrogen-bond acceptors (Lipinski definition) is 1. The van der Waals surface area contributed by atoms with Gasteiger partial charge in [-0.15, -0.1) is 0 Å². The fraction of sp³-hybridized carbons (Fsp3) is 0.667. The van der Waals surface area contributed by atoms with E-state index in [1.165, 1.54) is 12.8 Å². The predicted octanol–water partition coefficient (Wildman–Crippen LogP) is 2.51. The van der Waals surface area contributed by atoms with E-state index in [1.807, 2.05) is 6.20 Å². The second kappa shape index (κ2) is 3.09. The van der Waals surface area contributed by atoms with E-state index in [4.69, 9.17) is 11.6 Å². The van der Waals surface area contributed by atoms with Crippen molar-refractivity contribution in [3.05, 3.63) is 17.2 Å². The molecule has 1 unspecified atom stereocenters. The normalized spacial score (nSPS) is 22.3. The van der Waals surface area contributed by atoms with Crippen molar-refractivity contribution in [1.29, 1.82) is 0 Å². The first kappa shape index (κ1) is 8.11. The second-order valence-corrected chi connectivity index (χ2v) is 3.83. The van der Waals surface area contributed by atoms with Crippen LogP contribution in [-0.4, -0.2) is 9.55 Å². The molecule has 1 aromatic heterocycles. The summed E-state index contributed by atoms with van der Waals surface area (Å²) in [7, 11) is 0. The largest absolute Gasteiger partial charge is 0.333 e. The first-order valence-corrected chi connectivity index (χ1v) is 4.89. The van der Waals surface area contributed by atoms with Crippen molar-refractivity contribution in [3.8, 4) is 0 Å². The van der Waals surface area contributed by atoms with Crippen LogP contribution in [0.5, 0.6) is 0 Å². The molecular weight excluding hydrogens is 172 g/mol. The van der Waals surface area contributed by atoms with Gasteiger partial charge in [-0.05, 0) is 12.3 Å². The number of aromatic nitrogens is 2. The minimum Gasteiger partial charge on any atom is -0.333 e. The summed E-state index contributed by atoms with van der Waals surface area (Å²) in [4.78, 5) is 4.28. The number of hydrogen-bond donors (Lipinski definition) is 0. The van der Waals surface area contributed by atoms with Crippen LogP contribution in [0.15, 0.2) is 6.20 Å². The highest BCUT2D eigenvalue weighted by Gasteiger charge is 2.18. The van der Waals surface area contributed by atoms with Crippen molar-refractivity contribution in [2.24, 2.45) is 5.92 Å². The fourth-order valence-electron chi connectivity index (χ4n) is 1.81. The summed E-state index contributed by atoms with van der Waals surface area (Å²) in [6.45, 7) is 3.33. The third kappa shape index (κ3) is 1.36. The molecule has 0 N–H and O–H groups in total. The van der Waals surface area contributed by atoms with Crippen molar-refractivity contribution in [1.82, 2.24) is 9.55 Å². The van der Waals surface area contributed by atoms with Gasteiger partial charge in [-0.25, -0.2) is 4.98 Å². The molecule has 0 amide bonds. The molecule has 0 radical (unpaired) electrons. The van der Waals surface area contributed by atoms with Crippen LogP contribution in [0.25, 0.3) is 0 Å². The molecule has 1 atom stereocenters. The molecule has 2 heterocycles. The molecule has 2 nitrogen and oxygen atoms in total. The molecule has 3 heteroatoms. The van der Waals surface area contributed by atoms with Gasteiger partial charge < -0.3 is 4.57 Å². The Hall–Kier alpha value is -0.500. The van der Waals surface area contributed by atoms with Gasteiger partial charge in [0.25, 0.3) is 0 Å². The number of nitrogens with zero attached hydrogens (tertiary/aromatic N) is 2. The molecule has 0 saturated heterocycles. The third-order valence-corrected chi connectivity index (χ3v) is 2.84. The molecule has 0 aromatic carbocycles. The molecule has 1 aliphatic rings. The first-order valence-electron chi connectivity index (χ1n) is 4.51. The summed E-state index contributed by atoms with van der Waals surface area (Å²) in [6.07, 6.45) is 5.56. The molecule has 66 valence electrons. The zero-order valence-electron chi connectivity index (χ0n) is 7.26. The van der Waals surface area contributed by atoms with E-state index in [9.17, 15) is 0 Å². The summed E-state index contributed by atoms with van der Waals surface area (Å²) in [5, 5.41) is 0.641. The van der Waals surface area contributed by atoms with Crippen molar-refractivity contribution < 1.29 is 0 Å². The molecule has 1 aliphatic heterocycles. The Labute approximate surface area is 77.6 Å². The van der Waals surface area contributed by atoms with Gasteiger partial charge in [-0.1, -0.05) is 24.9 Å². The molecule has 0 saturated carbocycles. The molecular formula is C9H13ClN2. The van der Waals surface area contributed by atoms with Crippen molar-refractivity contribution >= 4 is 11.6 Å². The maximum atomic E-state index is 5.81. The van der Waals surface area contributed by atoms with Gasteiger partial charge in [0, 0.05) is 19.2 Å². The van der Waals surface area contributed by atoms with Crippen molar-refractivity contribution in [3.63, 3.8) is 0 Å². The highest BCUT2D eigenvalue weighted by Crippen LogP contribution is 2.23. The molecule has 0 fully saturated rings. The van der Waals surface area contributed by atoms with Gasteiger partial charge >= 0.3 is 0 Å². The van der Waals surface area contributed by atoms with Gasteiger partial charge in [-0.3, -0.25) is 0 Å². The topological polar surface area (TPSA) is 17.8 Å². The minimum absolute atomic E-state index is 0.641. The lowest BCUT2D eigenvalue weighted by Gasteiger charge is -2.21. The Kier molecular flexibility index (Phi) is 2.09. The molecule has 0 spiro atoms. The minimum atomic E-state index is 0.641. The Morgan fingerprint density at radius 1 is 1.75 bits per heavy atom. The lowest BCUT2D eigenvalue weighted by Crippen LogP contribution is -2.18. The summed E-state index contributed by atoms with van der Waals surface area (Å²) in [6, 6.07) is 0. The average Bonchev–Trinajstić information content (AvgIpc) is 2.43. The summed E-state index contributed by atoms with van der Waals surface area (Å²) in [5.74, 6) is 1.98. The van der Waals surface area contributed by atoms with E-state index in [2.05, 4.69) is 16.5 Å².